The lowest BCUT2D eigenvalue weighted by molar-refractivity contribution is -0.119. The van der Waals surface area contributed by atoms with Crippen LogP contribution in [0.15, 0.2) is 53.4 Å². The molecule has 0 bridgehead atoms. The van der Waals surface area contributed by atoms with Gasteiger partial charge in [-0.15, -0.1) is 11.8 Å². The van der Waals surface area contributed by atoms with Gasteiger partial charge in [0.1, 0.15) is 6.04 Å². The highest BCUT2D eigenvalue weighted by molar-refractivity contribution is 7.99. The number of nitriles is 1. The molecule has 0 aromatic heterocycles. The summed E-state index contributed by atoms with van der Waals surface area (Å²) in [7, 11) is -5.52. The summed E-state index contributed by atoms with van der Waals surface area (Å²) in [5, 5.41) is 11.5. The van der Waals surface area contributed by atoms with Crippen molar-refractivity contribution in [3.05, 3.63) is 59.7 Å². The molecule has 1 unspecified atom stereocenters. The van der Waals surface area contributed by atoms with Gasteiger partial charge in [-0.25, -0.2) is 8.42 Å². The van der Waals surface area contributed by atoms with Gasteiger partial charge in [0.15, 0.2) is 0 Å². The Bertz CT molecular complexity index is 1140. The number of sulfone groups is 1. The lowest BCUT2D eigenvalue weighted by atomic mass is 10.1. The Kier molecular flexibility index (Phi) is 6.28. The first-order chi connectivity index (χ1) is 14.5. The quantitative estimate of drug-likeness (QED) is 0.738. The van der Waals surface area contributed by atoms with E-state index in [2.05, 4.69) is 5.32 Å². The summed E-state index contributed by atoms with van der Waals surface area (Å²) in [4.78, 5) is 25.7. The Hall–Kier alpha value is -3.04. The van der Waals surface area contributed by atoms with Crippen molar-refractivity contribution in [1.82, 2.24) is 4.90 Å². The largest absolute Gasteiger partial charge is 0.501 e. The van der Waals surface area contributed by atoms with Crippen molar-refractivity contribution in [1.29, 1.82) is 5.26 Å². The van der Waals surface area contributed by atoms with E-state index in [-0.39, 0.29) is 11.4 Å². The fourth-order valence-electron chi connectivity index (χ4n) is 2.79. The summed E-state index contributed by atoms with van der Waals surface area (Å²) in [5.74, 6) is -0.568. The highest BCUT2D eigenvalue weighted by Gasteiger charge is 2.47. The van der Waals surface area contributed by atoms with Gasteiger partial charge in [-0.2, -0.15) is 18.4 Å². The summed E-state index contributed by atoms with van der Waals surface area (Å²) < 4.78 is 60.9. The topological polar surface area (TPSA) is 107 Å². The average Bonchev–Trinajstić information content (AvgIpc) is 3.23. The van der Waals surface area contributed by atoms with E-state index in [0.717, 1.165) is 12.1 Å². The van der Waals surface area contributed by atoms with Crippen molar-refractivity contribution in [3.8, 4) is 6.07 Å². The van der Waals surface area contributed by atoms with Crippen LogP contribution in [0.25, 0.3) is 0 Å². The van der Waals surface area contributed by atoms with Crippen LogP contribution in [0.4, 0.5) is 18.9 Å². The third-order valence-corrected chi connectivity index (χ3v) is 6.96. The molecule has 0 radical (unpaired) electrons. The van der Waals surface area contributed by atoms with Gasteiger partial charge < -0.3 is 10.2 Å². The molecule has 3 rings (SSSR count). The number of hydrogen-bond donors (Lipinski definition) is 1. The fraction of sp³-hybridized carbons (Fsp3) is 0.211. The SMILES string of the molecule is N#Cc1ccc(NC(=O)C2CSCN2C(=O)c2ccc(S(=O)(=O)C(F)(F)F)cc2)cc1. The first-order valence-electron chi connectivity index (χ1n) is 8.66. The first-order valence-corrected chi connectivity index (χ1v) is 11.3. The third kappa shape index (κ3) is 4.67. The highest BCUT2D eigenvalue weighted by Crippen LogP contribution is 2.31. The van der Waals surface area contributed by atoms with Gasteiger partial charge in [-0.05, 0) is 48.5 Å². The van der Waals surface area contributed by atoms with Crippen LogP contribution in [0.5, 0.6) is 0 Å². The average molecular weight is 469 g/mol. The van der Waals surface area contributed by atoms with E-state index in [1.807, 2.05) is 6.07 Å². The van der Waals surface area contributed by atoms with Crippen molar-refractivity contribution in [2.75, 3.05) is 16.9 Å². The summed E-state index contributed by atoms with van der Waals surface area (Å²) in [6, 6.07) is 10.7. The lowest BCUT2D eigenvalue weighted by Gasteiger charge is -2.23. The molecule has 0 aliphatic carbocycles. The van der Waals surface area contributed by atoms with Gasteiger partial charge in [0.05, 0.1) is 22.4 Å². The number of nitrogens with zero attached hydrogens (tertiary/aromatic N) is 2. The number of anilines is 1. The summed E-state index contributed by atoms with van der Waals surface area (Å²) >= 11 is 1.33. The number of halogens is 3. The molecule has 1 saturated heterocycles. The van der Waals surface area contributed by atoms with Gasteiger partial charge in [0.25, 0.3) is 15.7 Å². The number of nitrogens with one attached hydrogen (secondary N) is 1. The van der Waals surface area contributed by atoms with Crippen LogP contribution in [0.1, 0.15) is 15.9 Å². The van der Waals surface area contributed by atoms with Crippen LogP contribution in [-0.2, 0) is 14.6 Å². The van der Waals surface area contributed by atoms with Crippen molar-refractivity contribution < 1.29 is 31.2 Å². The van der Waals surface area contributed by atoms with Crippen molar-refractivity contribution in [2.24, 2.45) is 0 Å². The Balaban J connectivity index is 1.74. The predicted molar refractivity (Wildman–Crippen MR) is 107 cm³/mol. The van der Waals surface area contributed by atoms with Crippen LogP contribution in [-0.4, -0.2) is 48.3 Å². The van der Waals surface area contributed by atoms with Gasteiger partial charge in [0.2, 0.25) is 5.91 Å². The lowest BCUT2D eigenvalue weighted by Crippen LogP contribution is -2.44. The molecular formula is C19H14F3N3O4S2. The molecule has 7 nitrogen and oxygen atoms in total. The smallest absolute Gasteiger partial charge is 0.324 e. The van der Waals surface area contributed by atoms with Crippen LogP contribution < -0.4 is 5.32 Å². The van der Waals surface area contributed by atoms with Crippen LogP contribution in [0.3, 0.4) is 0 Å². The Morgan fingerprint density at radius 3 is 2.26 bits per heavy atom. The molecule has 1 fully saturated rings. The summed E-state index contributed by atoms with van der Waals surface area (Å²) in [6.45, 7) is 0. The van der Waals surface area contributed by atoms with Crippen LogP contribution in [0.2, 0.25) is 0 Å². The number of hydrogen-bond acceptors (Lipinski definition) is 6. The fourth-order valence-corrected chi connectivity index (χ4v) is 4.71. The molecule has 162 valence electrons. The van der Waals surface area contributed by atoms with Crippen molar-refractivity contribution >= 4 is 39.1 Å². The predicted octanol–water partition coefficient (Wildman–Crippen LogP) is 3.01. The molecule has 0 saturated carbocycles. The van der Waals surface area contributed by atoms with Crippen molar-refractivity contribution in [3.63, 3.8) is 0 Å². The number of benzene rings is 2. The zero-order valence-electron chi connectivity index (χ0n) is 15.6. The molecule has 2 aromatic rings. The molecule has 1 aliphatic heterocycles. The van der Waals surface area contributed by atoms with E-state index in [1.165, 1.54) is 28.8 Å². The molecule has 2 amide bonds. The van der Waals surface area contributed by atoms with Gasteiger partial charge in [-0.3, -0.25) is 9.59 Å². The van der Waals surface area contributed by atoms with E-state index < -0.39 is 38.1 Å². The van der Waals surface area contributed by atoms with E-state index in [4.69, 9.17) is 5.26 Å². The number of carbonyl (C=O) groups is 2. The second kappa shape index (κ2) is 8.60. The number of rotatable bonds is 4. The normalized spacial score (nSPS) is 16.6. The number of carbonyl (C=O) groups excluding carboxylic acids is 2. The van der Waals surface area contributed by atoms with E-state index in [1.54, 1.807) is 12.1 Å². The van der Waals surface area contributed by atoms with Gasteiger partial charge in [0, 0.05) is 17.0 Å². The minimum absolute atomic E-state index is 0.0419. The van der Waals surface area contributed by atoms with Crippen molar-refractivity contribution in [2.45, 2.75) is 16.4 Å². The molecule has 1 N–H and O–H groups in total. The van der Waals surface area contributed by atoms with E-state index in [9.17, 15) is 31.2 Å². The van der Waals surface area contributed by atoms with Gasteiger partial charge in [-0.1, -0.05) is 0 Å². The van der Waals surface area contributed by atoms with E-state index in [0.29, 0.717) is 29.1 Å². The maximum atomic E-state index is 12.8. The Morgan fingerprint density at radius 1 is 1.10 bits per heavy atom. The molecule has 31 heavy (non-hydrogen) atoms. The van der Waals surface area contributed by atoms with E-state index >= 15 is 0 Å². The molecule has 1 aliphatic rings. The summed E-state index contributed by atoms with van der Waals surface area (Å²) in [5.41, 5.74) is -4.63. The minimum Gasteiger partial charge on any atom is -0.324 e. The molecule has 2 aromatic carbocycles. The number of thioether (sulfide) groups is 1. The Morgan fingerprint density at radius 2 is 1.71 bits per heavy atom. The first kappa shape index (κ1) is 22.6. The molecule has 1 atom stereocenters. The molecule has 12 heteroatoms. The third-order valence-electron chi connectivity index (χ3n) is 4.44. The zero-order chi connectivity index (χ0) is 22.8. The standard InChI is InChI=1S/C19H14F3N3O4S2/c20-19(21,22)31(28,29)15-7-3-13(4-8-15)18(27)25-11-30-10-16(25)17(26)24-14-5-1-12(9-23)2-6-14/h1-8,16H,10-11H2,(H,24,26). The second-order valence-corrected chi connectivity index (χ2v) is 9.38. The van der Waals surface area contributed by atoms with Crippen LogP contribution >= 0.6 is 11.8 Å². The maximum Gasteiger partial charge on any atom is 0.501 e. The molecular weight excluding hydrogens is 455 g/mol. The minimum atomic E-state index is -5.52. The molecule has 1 heterocycles. The Labute approximate surface area is 179 Å². The molecule has 0 spiro atoms. The second-order valence-electron chi connectivity index (χ2n) is 6.44. The van der Waals surface area contributed by atoms with Crippen LogP contribution in [0, 0.1) is 11.3 Å². The number of amides is 2. The zero-order valence-corrected chi connectivity index (χ0v) is 17.2. The monoisotopic (exact) mass is 469 g/mol. The summed E-state index contributed by atoms with van der Waals surface area (Å²) in [6.07, 6.45) is 0. The van der Waals surface area contributed by atoms with Gasteiger partial charge >= 0.3 is 5.51 Å². The maximum absolute atomic E-state index is 12.8. The number of alkyl halides is 3. The highest BCUT2D eigenvalue weighted by atomic mass is 32.2.